The van der Waals surface area contributed by atoms with Gasteiger partial charge in [0.1, 0.15) is 0 Å². The van der Waals surface area contributed by atoms with E-state index in [1.165, 1.54) is 0 Å². The van der Waals surface area contributed by atoms with Crippen LogP contribution >= 0.6 is 0 Å². The molecular formula is C20H18N4O2. The summed E-state index contributed by atoms with van der Waals surface area (Å²) in [6.07, 6.45) is 2.42. The van der Waals surface area contributed by atoms with Gasteiger partial charge in [-0.1, -0.05) is 53.7 Å². The molecule has 2 aromatic heterocycles. The molecule has 6 nitrogen and oxygen atoms in total. The summed E-state index contributed by atoms with van der Waals surface area (Å²) in [4.78, 5) is 19.8. The summed E-state index contributed by atoms with van der Waals surface area (Å²) >= 11 is 0. The summed E-state index contributed by atoms with van der Waals surface area (Å²) in [7, 11) is 0. The fourth-order valence-corrected chi connectivity index (χ4v) is 2.95. The maximum absolute atomic E-state index is 12.3. The van der Waals surface area contributed by atoms with Crippen LogP contribution in [0.1, 0.15) is 40.6 Å². The molecule has 1 amide bonds. The molecule has 0 spiro atoms. The van der Waals surface area contributed by atoms with Crippen LogP contribution in [0.15, 0.2) is 65.3 Å². The van der Waals surface area contributed by atoms with Gasteiger partial charge in [-0.2, -0.15) is 4.98 Å². The Labute approximate surface area is 150 Å². The lowest BCUT2D eigenvalue weighted by atomic mass is 10.1. The average Bonchev–Trinajstić information content (AvgIpc) is 3.30. The van der Waals surface area contributed by atoms with E-state index < -0.39 is 0 Å². The molecule has 0 saturated heterocycles. The quantitative estimate of drug-likeness (QED) is 0.578. The zero-order valence-corrected chi connectivity index (χ0v) is 14.3. The number of nitrogens with zero attached hydrogens (tertiary/aromatic N) is 2. The third kappa shape index (κ3) is 3.21. The molecule has 0 saturated carbocycles. The van der Waals surface area contributed by atoms with Gasteiger partial charge in [0.25, 0.3) is 0 Å². The van der Waals surface area contributed by atoms with E-state index in [1.807, 2.05) is 67.7 Å². The fourth-order valence-electron chi connectivity index (χ4n) is 2.95. The average molecular weight is 346 g/mol. The van der Waals surface area contributed by atoms with Gasteiger partial charge in [0.2, 0.25) is 0 Å². The molecule has 0 unspecified atom stereocenters. The van der Waals surface area contributed by atoms with Crippen LogP contribution in [0.3, 0.4) is 0 Å². The van der Waals surface area contributed by atoms with Crippen molar-refractivity contribution in [3.63, 3.8) is 0 Å². The van der Waals surface area contributed by atoms with Crippen molar-refractivity contribution >= 4 is 16.8 Å². The number of para-hydroxylation sites is 1. The van der Waals surface area contributed by atoms with Crippen molar-refractivity contribution in [2.75, 3.05) is 0 Å². The fraction of sp³-hybridized carbons (Fsp3) is 0.150. The van der Waals surface area contributed by atoms with Crippen molar-refractivity contribution in [1.29, 1.82) is 0 Å². The molecule has 4 rings (SSSR count). The Morgan fingerprint density at radius 1 is 1.15 bits per heavy atom. The van der Waals surface area contributed by atoms with Crippen LogP contribution in [0, 0.1) is 0 Å². The summed E-state index contributed by atoms with van der Waals surface area (Å²) in [5.41, 5.74) is 3.13. The number of fused-ring (bicyclic) bond motifs is 1. The van der Waals surface area contributed by atoms with Crippen molar-refractivity contribution < 1.29 is 9.32 Å². The molecule has 6 heteroatoms. The zero-order chi connectivity index (χ0) is 17.9. The van der Waals surface area contributed by atoms with Gasteiger partial charge in [-0.25, -0.2) is 0 Å². The van der Waals surface area contributed by atoms with Crippen molar-refractivity contribution in [3.05, 3.63) is 83.6 Å². The molecular weight excluding hydrogens is 328 g/mol. The number of H-pyrrole nitrogens is 1. The van der Waals surface area contributed by atoms with Crippen LogP contribution in [-0.4, -0.2) is 21.0 Å². The van der Waals surface area contributed by atoms with Crippen LogP contribution in [0.4, 0.5) is 0 Å². The van der Waals surface area contributed by atoms with E-state index in [0.29, 0.717) is 12.2 Å². The Bertz CT molecular complexity index is 1040. The second-order valence-electron chi connectivity index (χ2n) is 6.16. The summed E-state index contributed by atoms with van der Waals surface area (Å²) in [6, 6.07) is 17.6. The first-order valence-electron chi connectivity index (χ1n) is 8.44. The molecule has 2 heterocycles. The number of aromatic amines is 1. The Hall–Kier alpha value is -3.41. The molecule has 0 aliphatic rings. The minimum atomic E-state index is -0.376. The summed E-state index contributed by atoms with van der Waals surface area (Å²) < 4.78 is 5.14. The molecule has 0 radical (unpaired) electrons. The van der Waals surface area contributed by atoms with E-state index in [1.54, 1.807) is 0 Å². The topological polar surface area (TPSA) is 83.8 Å². The maximum atomic E-state index is 12.3. The summed E-state index contributed by atoms with van der Waals surface area (Å²) in [5, 5.41) is 7.92. The monoisotopic (exact) mass is 346 g/mol. The first-order valence-corrected chi connectivity index (χ1v) is 8.44. The number of benzene rings is 2. The van der Waals surface area contributed by atoms with Gasteiger partial charge in [0.15, 0.2) is 5.82 Å². The third-order valence-corrected chi connectivity index (χ3v) is 4.33. The highest BCUT2D eigenvalue weighted by Crippen LogP contribution is 2.20. The number of carbonyl (C=O) groups excluding carboxylic acids is 1. The van der Waals surface area contributed by atoms with Gasteiger partial charge in [-0.05, 0) is 24.1 Å². The van der Waals surface area contributed by atoms with E-state index in [4.69, 9.17) is 4.52 Å². The van der Waals surface area contributed by atoms with Crippen LogP contribution in [0.25, 0.3) is 10.9 Å². The van der Waals surface area contributed by atoms with Gasteiger partial charge < -0.3 is 14.8 Å². The Morgan fingerprint density at radius 2 is 1.92 bits per heavy atom. The molecule has 0 bridgehead atoms. The molecule has 0 aliphatic heterocycles. The lowest BCUT2D eigenvalue weighted by Crippen LogP contribution is -2.26. The van der Waals surface area contributed by atoms with E-state index in [9.17, 15) is 4.79 Å². The molecule has 1 atom stereocenters. The van der Waals surface area contributed by atoms with Crippen molar-refractivity contribution in [1.82, 2.24) is 20.4 Å². The van der Waals surface area contributed by atoms with E-state index in [2.05, 4.69) is 20.4 Å². The molecule has 0 fully saturated rings. The first-order chi connectivity index (χ1) is 12.7. The van der Waals surface area contributed by atoms with Crippen LogP contribution in [-0.2, 0) is 6.42 Å². The molecule has 4 aromatic rings. The standard InChI is InChI=1S/C20H18N4O2/c1-13(14-7-3-2-4-8-14)22-19(25)20-23-18(24-26-20)11-15-12-21-17-10-6-5-9-16(15)17/h2-10,12-13,21H,11H2,1H3,(H,22,25)/t13-/m0/s1. The zero-order valence-electron chi connectivity index (χ0n) is 14.3. The molecule has 26 heavy (non-hydrogen) atoms. The van der Waals surface area contributed by atoms with E-state index in [0.717, 1.165) is 22.0 Å². The number of hydrogen-bond donors (Lipinski definition) is 2. The lowest BCUT2D eigenvalue weighted by molar-refractivity contribution is 0.0895. The van der Waals surface area contributed by atoms with Crippen molar-refractivity contribution in [2.24, 2.45) is 0 Å². The van der Waals surface area contributed by atoms with Crippen LogP contribution < -0.4 is 5.32 Å². The highest BCUT2D eigenvalue weighted by Gasteiger charge is 2.18. The Balaban J connectivity index is 1.46. The second kappa shape index (κ2) is 6.84. The number of amides is 1. The van der Waals surface area contributed by atoms with Gasteiger partial charge >= 0.3 is 11.8 Å². The normalized spacial score (nSPS) is 12.2. The first kappa shape index (κ1) is 16.1. The largest absolute Gasteiger partial charge is 0.361 e. The highest BCUT2D eigenvalue weighted by molar-refractivity contribution is 5.89. The SMILES string of the molecule is C[C@H](NC(=O)c1nc(Cc2c[nH]c3ccccc23)no1)c1ccccc1. The second-order valence-corrected chi connectivity index (χ2v) is 6.16. The number of nitrogens with one attached hydrogen (secondary N) is 2. The molecule has 2 aromatic carbocycles. The number of hydrogen-bond acceptors (Lipinski definition) is 4. The number of rotatable bonds is 5. The smallest absolute Gasteiger partial charge is 0.315 e. The lowest BCUT2D eigenvalue weighted by Gasteiger charge is -2.12. The third-order valence-electron chi connectivity index (χ3n) is 4.33. The predicted molar refractivity (Wildman–Crippen MR) is 97.7 cm³/mol. The maximum Gasteiger partial charge on any atom is 0.315 e. The number of aromatic nitrogens is 3. The molecule has 0 aliphatic carbocycles. The van der Waals surface area contributed by atoms with Crippen LogP contribution in [0.2, 0.25) is 0 Å². The molecule has 130 valence electrons. The minimum absolute atomic E-state index is 0.0253. The van der Waals surface area contributed by atoms with Gasteiger partial charge in [-0.15, -0.1) is 0 Å². The van der Waals surface area contributed by atoms with Crippen LogP contribution in [0.5, 0.6) is 0 Å². The molecule has 2 N–H and O–H groups in total. The minimum Gasteiger partial charge on any atom is -0.361 e. The van der Waals surface area contributed by atoms with E-state index >= 15 is 0 Å². The summed E-state index contributed by atoms with van der Waals surface area (Å²) in [6.45, 7) is 1.91. The van der Waals surface area contributed by atoms with Gasteiger partial charge in [-0.3, -0.25) is 4.79 Å². The number of carbonyl (C=O) groups is 1. The van der Waals surface area contributed by atoms with E-state index in [-0.39, 0.29) is 17.8 Å². The van der Waals surface area contributed by atoms with Crippen molar-refractivity contribution in [3.8, 4) is 0 Å². The Kier molecular flexibility index (Phi) is 4.23. The predicted octanol–water partition coefficient (Wildman–Crippen LogP) is 3.63. The summed E-state index contributed by atoms with van der Waals surface area (Å²) in [5.74, 6) is 0.0777. The van der Waals surface area contributed by atoms with Gasteiger partial charge in [0, 0.05) is 23.5 Å². The van der Waals surface area contributed by atoms with Crippen molar-refractivity contribution in [2.45, 2.75) is 19.4 Å². The van der Waals surface area contributed by atoms with Gasteiger partial charge in [0.05, 0.1) is 6.04 Å². The Morgan fingerprint density at radius 3 is 2.77 bits per heavy atom. The highest BCUT2D eigenvalue weighted by atomic mass is 16.5.